The molecule has 3 aromatic rings. The number of sulfone groups is 1. The van der Waals surface area contributed by atoms with Gasteiger partial charge in [0, 0.05) is 12.3 Å². The third-order valence-corrected chi connectivity index (χ3v) is 6.47. The maximum atomic E-state index is 11.7. The highest BCUT2D eigenvalue weighted by Crippen LogP contribution is 2.27. The second-order valence-electron chi connectivity index (χ2n) is 6.71. The van der Waals surface area contributed by atoms with Gasteiger partial charge in [0.25, 0.3) is 0 Å². The van der Waals surface area contributed by atoms with Crippen LogP contribution >= 0.6 is 0 Å². The van der Waals surface area contributed by atoms with E-state index in [-0.39, 0.29) is 11.3 Å². The summed E-state index contributed by atoms with van der Waals surface area (Å²) < 4.78 is 30.3. The Kier molecular flexibility index (Phi) is 4.42. The topological polar surface area (TPSA) is 112 Å². The minimum Gasteiger partial charge on any atom is -0.497 e. The normalized spacial score (nSPS) is 20.1. The summed E-state index contributed by atoms with van der Waals surface area (Å²) in [4.78, 5) is 8.82. The number of hydrogen-bond acceptors (Lipinski definition) is 8. The molecule has 27 heavy (non-hydrogen) atoms. The minimum absolute atomic E-state index is 0.0347. The van der Waals surface area contributed by atoms with E-state index in [0.29, 0.717) is 30.0 Å². The molecule has 4 rings (SSSR count). The van der Waals surface area contributed by atoms with Crippen LogP contribution in [0.25, 0.3) is 16.9 Å². The van der Waals surface area contributed by atoms with Crippen LogP contribution in [-0.4, -0.2) is 58.0 Å². The summed E-state index contributed by atoms with van der Waals surface area (Å²) in [5.74, 6) is 1.19. The van der Waals surface area contributed by atoms with Gasteiger partial charge in [-0.1, -0.05) is 5.21 Å². The molecule has 0 amide bonds. The van der Waals surface area contributed by atoms with Crippen molar-refractivity contribution in [3.05, 3.63) is 30.5 Å². The van der Waals surface area contributed by atoms with Gasteiger partial charge < -0.3 is 10.1 Å². The number of nitrogens with zero attached hydrogens (tertiary/aromatic N) is 5. The van der Waals surface area contributed by atoms with Crippen molar-refractivity contribution in [2.24, 2.45) is 0 Å². The number of benzene rings is 1. The Bertz CT molecular complexity index is 1060. The lowest BCUT2D eigenvalue weighted by Gasteiger charge is -2.12. The zero-order valence-electron chi connectivity index (χ0n) is 15.0. The highest BCUT2D eigenvalue weighted by molar-refractivity contribution is 7.91. The summed E-state index contributed by atoms with van der Waals surface area (Å²) in [5.41, 5.74) is 1.97. The van der Waals surface area contributed by atoms with Crippen molar-refractivity contribution < 1.29 is 13.2 Å². The van der Waals surface area contributed by atoms with Crippen LogP contribution in [0.5, 0.6) is 5.75 Å². The number of anilines is 1. The number of fused-ring (bicyclic) bond motifs is 1. The van der Waals surface area contributed by atoms with E-state index in [1.807, 2.05) is 24.3 Å². The quantitative estimate of drug-likeness (QED) is 0.701. The largest absolute Gasteiger partial charge is 0.497 e. The molecule has 0 spiro atoms. The van der Waals surface area contributed by atoms with Gasteiger partial charge >= 0.3 is 0 Å². The molecule has 0 bridgehead atoms. The van der Waals surface area contributed by atoms with Gasteiger partial charge in [-0.2, -0.15) is 9.67 Å². The summed E-state index contributed by atoms with van der Waals surface area (Å²) in [7, 11) is -1.40. The molecule has 2 heterocycles. The first kappa shape index (κ1) is 17.7. The van der Waals surface area contributed by atoms with Crippen molar-refractivity contribution >= 4 is 26.9 Å². The summed E-state index contributed by atoms with van der Waals surface area (Å²) >= 11 is 0. The molecule has 1 fully saturated rings. The predicted molar refractivity (Wildman–Crippen MR) is 101 cm³/mol. The molecule has 1 N–H and O–H groups in total. The van der Waals surface area contributed by atoms with Gasteiger partial charge in [-0.3, -0.25) is 0 Å². The minimum atomic E-state index is -3.02. The molecule has 1 aliphatic rings. The lowest BCUT2D eigenvalue weighted by Crippen LogP contribution is -2.21. The Morgan fingerprint density at radius 1 is 1.22 bits per heavy atom. The van der Waals surface area contributed by atoms with Gasteiger partial charge in [0.1, 0.15) is 15.6 Å². The Morgan fingerprint density at radius 3 is 2.67 bits per heavy atom. The average Bonchev–Trinajstić information content (AvgIpc) is 3.28. The second-order valence-corrected chi connectivity index (χ2v) is 9.03. The average molecular weight is 388 g/mol. The maximum Gasteiger partial charge on any atom is 0.225 e. The van der Waals surface area contributed by atoms with Gasteiger partial charge in [-0.25, -0.2) is 13.4 Å². The molecular formula is C17H20N6O3S. The smallest absolute Gasteiger partial charge is 0.225 e. The van der Waals surface area contributed by atoms with Crippen LogP contribution in [0.4, 0.5) is 5.95 Å². The fourth-order valence-corrected chi connectivity index (χ4v) is 4.48. The van der Waals surface area contributed by atoms with Crippen molar-refractivity contribution in [2.45, 2.75) is 30.6 Å². The molecule has 0 unspecified atom stereocenters. The van der Waals surface area contributed by atoms with Crippen LogP contribution in [0.15, 0.2) is 30.5 Å². The number of hydrogen-bond donors (Lipinski definition) is 1. The van der Waals surface area contributed by atoms with E-state index < -0.39 is 9.84 Å². The van der Waals surface area contributed by atoms with E-state index >= 15 is 0 Å². The number of rotatable bonds is 5. The van der Waals surface area contributed by atoms with Crippen molar-refractivity contribution in [3.8, 4) is 11.4 Å². The number of methoxy groups -OCH3 is 1. The highest BCUT2D eigenvalue weighted by Gasteiger charge is 2.31. The molecule has 0 radical (unpaired) electrons. The molecule has 0 aliphatic heterocycles. The van der Waals surface area contributed by atoms with Crippen molar-refractivity contribution in [3.63, 3.8) is 0 Å². The molecule has 1 saturated carbocycles. The van der Waals surface area contributed by atoms with E-state index in [4.69, 9.17) is 4.74 Å². The zero-order valence-corrected chi connectivity index (χ0v) is 15.8. The zero-order chi connectivity index (χ0) is 19.0. The Balaban J connectivity index is 1.58. The highest BCUT2D eigenvalue weighted by atomic mass is 32.2. The van der Waals surface area contributed by atoms with Crippen LogP contribution < -0.4 is 10.1 Å². The van der Waals surface area contributed by atoms with Crippen LogP contribution in [0.2, 0.25) is 0 Å². The van der Waals surface area contributed by atoms with Crippen molar-refractivity contribution in [1.82, 2.24) is 25.0 Å². The molecular weight excluding hydrogens is 368 g/mol. The summed E-state index contributed by atoms with van der Waals surface area (Å²) in [6, 6.07) is 7.46. The first-order chi connectivity index (χ1) is 12.9. The first-order valence-corrected chi connectivity index (χ1v) is 10.6. The number of nitrogens with one attached hydrogen (secondary N) is 1. The SMILES string of the molecule is COc1ccc(-n2nnc3cnc(N[C@@H]4CC[C@@H](S(C)(=O)=O)C4)nc32)cc1. The monoisotopic (exact) mass is 388 g/mol. The van der Waals surface area contributed by atoms with Crippen LogP contribution in [0.3, 0.4) is 0 Å². The van der Waals surface area contributed by atoms with E-state index in [1.165, 1.54) is 6.26 Å². The molecule has 2 atom stereocenters. The van der Waals surface area contributed by atoms with Crippen molar-refractivity contribution in [2.75, 3.05) is 18.7 Å². The van der Waals surface area contributed by atoms with Crippen LogP contribution in [-0.2, 0) is 9.84 Å². The lowest BCUT2D eigenvalue weighted by molar-refractivity contribution is 0.414. The van der Waals surface area contributed by atoms with Crippen LogP contribution in [0, 0.1) is 0 Å². The van der Waals surface area contributed by atoms with E-state index in [1.54, 1.807) is 18.0 Å². The lowest BCUT2D eigenvalue weighted by atomic mass is 10.2. The molecule has 142 valence electrons. The first-order valence-electron chi connectivity index (χ1n) is 8.62. The molecule has 1 aliphatic carbocycles. The third kappa shape index (κ3) is 3.57. The Labute approximate surface area is 156 Å². The Morgan fingerprint density at radius 2 is 2.00 bits per heavy atom. The summed E-state index contributed by atoms with van der Waals surface area (Å²) in [6.45, 7) is 0. The number of aromatic nitrogens is 5. The molecule has 2 aromatic heterocycles. The van der Waals surface area contributed by atoms with Crippen molar-refractivity contribution in [1.29, 1.82) is 0 Å². The van der Waals surface area contributed by atoms with Gasteiger partial charge in [-0.05, 0) is 43.5 Å². The molecule has 1 aromatic carbocycles. The van der Waals surface area contributed by atoms with Crippen LogP contribution in [0.1, 0.15) is 19.3 Å². The Hall–Kier alpha value is -2.75. The molecule has 10 heteroatoms. The fraction of sp³-hybridized carbons (Fsp3) is 0.412. The summed E-state index contributed by atoms with van der Waals surface area (Å²) in [6.07, 6.45) is 4.90. The molecule has 0 saturated heterocycles. The maximum absolute atomic E-state index is 11.7. The summed E-state index contributed by atoms with van der Waals surface area (Å²) in [5, 5.41) is 11.2. The standard InChI is InChI=1S/C17H20N6O3S/c1-26-13-6-4-12(5-7-13)23-16-15(21-22-23)10-18-17(20-16)19-11-3-8-14(9-11)27(2,24)25/h4-7,10-11,14H,3,8-9H2,1-2H3,(H,18,19,20)/t11-,14-/m1/s1. The third-order valence-electron chi connectivity index (χ3n) is 4.83. The van der Waals surface area contributed by atoms with Gasteiger partial charge in [0.15, 0.2) is 11.2 Å². The molecule has 9 nitrogen and oxygen atoms in total. The van der Waals surface area contributed by atoms with Gasteiger partial charge in [0.2, 0.25) is 5.95 Å². The van der Waals surface area contributed by atoms with E-state index in [2.05, 4.69) is 25.6 Å². The van der Waals surface area contributed by atoms with E-state index in [0.717, 1.165) is 17.9 Å². The van der Waals surface area contributed by atoms with E-state index in [9.17, 15) is 8.42 Å². The second kappa shape index (κ2) is 6.76. The predicted octanol–water partition coefficient (Wildman–Crippen LogP) is 1.60. The van der Waals surface area contributed by atoms with Gasteiger partial charge in [-0.15, -0.1) is 5.10 Å². The van der Waals surface area contributed by atoms with Gasteiger partial charge in [0.05, 0.1) is 24.2 Å². The fourth-order valence-electron chi connectivity index (χ4n) is 3.34. The number of ether oxygens (including phenoxy) is 1.